The second-order valence-corrected chi connectivity index (χ2v) is 7.00. The van der Waals surface area contributed by atoms with Crippen LogP contribution in [0.4, 0.5) is 0 Å². The number of amides is 1. The number of carbonyl (C=O) groups is 2. The zero-order valence-electron chi connectivity index (χ0n) is 11.5. The first-order valence-corrected chi connectivity index (χ1v) is 7.44. The van der Waals surface area contributed by atoms with E-state index in [4.69, 9.17) is 0 Å². The van der Waals surface area contributed by atoms with Crippen molar-refractivity contribution < 1.29 is 14.7 Å². The largest absolute Gasteiger partial charge is 0.394 e. The van der Waals surface area contributed by atoms with E-state index in [0.29, 0.717) is 17.8 Å². The summed E-state index contributed by atoms with van der Waals surface area (Å²) in [6.07, 6.45) is 6.80. The lowest BCUT2D eigenvalue weighted by Gasteiger charge is -2.56. The van der Waals surface area contributed by atoms with E-state index in [2.05, 4.69) is 5.32 Å². The molecule has 19 heavy (non-hydrogen) atoms. The number of hydrogen-bond donors (Lipinski definition) is 2. The molecular weight excluding hydrogens is 242 g/mol. The van der Waals surface area contributed by atoms with E-state index in [1.165, 1.54) is 26.2 Å². The van der Waals surface area contributed by atoms with Gasteiger partial charge in [-0.2, -0.15) is 0 Å². The van der Waals surface area contributed by atoms with Gasteiger partial charge in [0, 0.05) is 12.3 Å². The van der Waals surface area contributed by atoms with Crippen molar-refractivity contribution in [2.45, 2.75) is 51.5 Å². The molecule has 0 spiro atoms. The number of carbonyl (C=O) groups excluding carboxylic acids is 2. The molecule has 4 heteroatoms. The van der Waals surface area contributed by atoms with Crippen molar-refractivity contribution in [1.29, 1.82) is 0 Å². The summed E-state index contributed by atoms with van der Waals surface area (Å²) < 4.78 is 0. The smallest absolute Gasteiger partial charge is 0.217 e. The van der Waals surface area contributed by atoms with Gasteiger partial charge in [0.2, 0.25) is 5.91 Å². The quantitative estimate of drug-likeness (QED) is 0.804. The monoisotopic (exact) mass is 265 g/mol. The summed E-state index contributed by atoms with van der Waals surface area (Å²) in [6.45, 7) is 1.12. The van der Waals surface area contributed by atoms with Gasteiger partial charge in [-0.25, -0.2) is 0 Å². The molecule has 0 radical (unpaired) electrons. The fourth-order valence-corrected chi connectivity index (χ4v) is 5.22. The molecular formula is C15H23NO3. The van der Waals surface area contributed by atoms with E-state index in [9.17, 15) is 14.7 Å². The number of ketones is 1. The average Bonchev–Trinajstić information content (AvgIpc) is 2.33. The van der Waals surface area contributed by atoms with E-state index in [1.807, 2.05) is 0 Å². The Kier molecular flexibility index (Phi) is 3.16. The number of aliphatic hydroxyl groups excluding tert-OH is 1. The molecule has 0 aliphatic heterocycles. The predicted octanol–water partition coefficient (Wildman–Crippen LogP) is 1.27. The first-order chi connectivity index (χ1) is 9.02. The van der Waals surface area contributed by atoms with Crippen LogP contribution in [-0.4, -0.2) is 29.4 Å². The zero-order chi connectivity index (χ0) is 13.6. The summed E-state index contributed by atoms with van der Waals surface area (Å²) >= 11 is 0. The summed E-state index contributed by atoms with van der Waals surface area (Å²) in [5.74, 6) is 1.95. The maximum absolute atomic E-state index is 12.8. The third-order valence-electron chi connectivity index (χ3n) is 5.44. The molecule has 4 nitrogen and oxygen atoms in total. The molecule has 4 saturated carbocycles. The van der Waals surface area contributed by atoms with Crippen molar-refractivity contribution in [3.63, 3.8) is 0 Å². The zero-order valence-corrected chi connectivity index (χ0v) is 11.5. The minimum Gasteiger partial charge on any atom is -0.394 e. The van der Waals surface area contributed by atoms with E-state index in [1.54, 1.807) is 0 Å². The molecule has 0 heterocycles. The molecule has 1 atom stereocenters. The Labute approximate surface area is 113 Å². The Hall–Kier alpha value is -0.900. The Bertz CT molecular complexity index is 369. The highest BCUT2D eigenvalue weighted by atomic mass is 16.3. The van der Waals surface area contributed by atoms with Gasteiger partial charge in [-0.1, -0.05) is 0 Å². The predicted molar refractivity (Wildman–Crippen MR) is 70.3 cm³/mol. The number of nitrogens with one attached hydrogen (secondary N) is 1. The van der Waals surface area contributed by atoms with Gasteiger partial charge < -0.3 is 10.4 Å². The summed E-state index contributed by atoms with van der Waals surface area (Å²) in [5, 5.41) is 12.0. The van der Waals surface area contributed by atoms with Gasteiger partial charge in [0.15, 0.2) is 5.78 Å². The average molecular weight is 265 g/mol. The molecule has 1 unspecified atom stereocenters. The van der Waals surface area contributed by atoms with Crippen LogP contribution in [-0.2, 0) is 9.59 Å². The lowest BCUT2D eigenvalue weighted by atomic mass is 9.48. The fourth-order valence-electron chi connectivity index (χ4n) is 5.22. The molecule has 4 rings (SSSR count). The minimum atomic E-state index is -0.700. The number of Topliss-reactive ketones (excluding diaryl/α,β-unsaturated/α-hetero) is 1. The Morgan fingerprint density at radius 2 is 1.63 bits per heavy atom. The van der Waals surface area contributed by atoms with Gasteiger partial charge in [-0.15, -0.1) is 0 Å². The van der Waals surface area contributed by atoms with Crippen LogP contribution in [0.15, 0.2) is 0 Å². The fraction of sp³-hybridized carbons (Fsp3) is 0.867. The van der Waals surface area contributed by atoms with Crippen molar-refractivity contribution in [2.75, 3.05) is 6.61 Å². The van der Waals surface area contributed by atoms with Gasteiger partial charge in [-0.3, -0.25) is 9.59 Å². The van der Waals surface area contributed by atoms with Crippen LogP contribution in [0.1, 0.15) is 45.4 Å². The second kappa shape index (κ2) is 4.58. The Balaban J connectivity index is 1.80. The van der Waals surface area contributed by atoms with Gasteiger partial charge in [0.1, 0.15) is 6.04 Å². The third-order valence-corrected chi connectivity index (χ3v) is 5.44. The lowest BCUT2D eigenvalue weighted by Crippen LogP contribution is -2.56. The Morgan fingerprint density at radius 1 is 1.16 bits per heavy atom. The van der Waals surface area contributed by atoms with Crippen molar-refractivity contribution >= 4 is 11.7 Å². The standard InChI is InChI=1S/C15H23NO3/c1-9(18)16-13(8-17)14(19)15-5-10-2-11(6-15)4-12(3-10)7-15/h10-13,17H,2-8H2,1H3,(H,16,18). The lowest BCUT2D eigenvalue weighted by molar-refractivity contribution is -0.148. The number of rotatable bonds is 4. The number of hydrogen-bond acceptors (Lipinski definition) is 3. The molecule has 1 amide bonds. The second-order valence-electron chi connectivity index (χ2n) is 7.00. The highest BCUT2D eigenvalue weighted by Gasteiger charge is 2.55. The molecule has 4 fully saturated rings. The van der Waals surface area contributed by atoms with Gasteiger partial charge in [0.05, 0.1) is 6.61 Å². The molecule has 106 valence electrons. The molecule has 0 aromatic rings. The van der Waals surface area contributed by atoms with Crippen molar-refractivity contribution in [1.82, 2.24) is 5.32 Å². The van der Waals surface area contributed by atoms with Crippen LogP contribution >= 0.6 is 0 Å². The molecule has 0 saturated heterocycles. The summed E-state index contributed by atoms with van der Waals surface area (Å²) in [5.41, 5.74) is -0.245. The Morgan fingerprint density at radius 3 is 2.00 bits per heavy atom. The number of aliphatic hydroxyl groups is 1. The maximum Gasteiger partial charge on any atom is 0.217 e. The van der Waals surface area contributed by atoms with Crippen LogP contribution in [0.3, 0.4) is 0 Å². The van der Waals surface area contributed by atoms with Crippen LogP contribution < -0.4 is 5.32 Å². The first-order valence-electron chi connectivity index (χ1n) is 7.44. The maximum atomic E-state index is 12.8. The molecule has 4 bridgehead atoms. The van der Waals surface area contributed by atoms with Crippen molar-refractivity contribution in [3.8, 4) is 0 Å². The third kappa shape index (κ3) is 2.20. The van der Waals surface area contributed by atoms with Gasteiger partial charge in [0.25, 0.3) is 0 Å². The van der Waals surface area contributed by atoms with E-state index in [-0.39, 0.29) is 23.7 Å². The van der Waals surface area contributed by atoms with Crippen molar-refractivity contribution in [2.24, 2.45) is 23.2 Å². The normalized spacial score (nSPS) is 41.1. The van der Waals surface area contributed by atoms with E-state index < -0.39 is 6.04 Å². The highest BCUT2D eigenvalue weighted by Crippen LogP contribution is 2.60. The highest BCUT2D eigenvalue weighted by molar-refractivity contribution is 5.93. The summed E-state index contributed by atoms with van der Waals surface area (Å²) in [6, 6.07) is -0.700. The van der Waals surface area contributed by atoms with Crippen LogP contribution in [0.2, 0.25) is 0 Å². The van der Waals surface area contributed by atoms with Crippen LogP contribution in [0.5, 0.6) is 0 Å². The summed E-state index contributed by atoms with van der Waals surface area (Å²) in [7, 11) is 0. The van der Waals surface area contributed by atoms with Gasteiger partial charge >= 0.3 is 0 Å². The van der Waals surface area contributed by atoms with E-state index >= 15 is 0 Å². The van der Waals surface area contributed by atoms with Crippen LogP contribution in [0, 0.1) is 23.2 Å². The van der Waals surface area contributed by atoms with Crippen molar-refractivity contribution in [3.05, 3.63) is 0 Å². The van der Waals surface area contributed by atoms with Gasteiger partial charge in [-0.05, 0) is 56.3 Å². The summed E-state index contributed by atoms with van der Waals surface area (Å²) in [4.78, 5) is 24.0. The van der Waals surface area contributed by atoms with E-state index in [0.717, 1.165) is 19.3 Å². The molecule has 0 aromatic carbocycles. The SMILES string of the molecule is CC(=O)NC(CO)C(=O)C12CC3CC(CC(C3)C1)C2. The minimum absolute atomic E-state index is 0.0873. The first kappa shape index (κ1) is 13.1. The molecule has 2 N–H and O–H groups in total. The molecule has 4 aliphatic rings. The molecule has 0 aromatic heterocycles. The topological polar surface area (TPSA) is 66.4 Å². The molecule has 4 aliphatic carbocycles. The van der Waals surface area contributed by atoms with Crippen LogP contribution in [0.25, 0.3) is 0 Å².